The number of hydrogen-bond donors (Lipinski definition) is 2. The van der Waals surface area contributed by atoms with Crippen molar-refractivity contribution in [3.05, 3.63) is 82.7 Å². The van der Waals surface area contributed by atoms with Gasteiger partial charge in [0.25, 0.3) is 0 Å². The van der Waals surface area contributed by atoms with Gasteiger partial charge >= 0.3 is 6.03 Å². The molecule has 0 radical (unpaired) electrons. The number of methoxy groups -OCH3 is 2. The molecule has 174 valence electrons. The lowest BCUT2D eigenvalue weighted by molar-refractivity contribution is 0.191. The van der Waals surface area contributed by atoms with E-state index in [1.54, 1.807) is 20.4 Å². The number of aryl methyl sites for hydroxylation is 2. The van der Waals surface area contributed by atoms with Crippen LogP contribution in [-0.2, 0) is 6.42 Å². The third kappa shape index (κ3) is 3.83. The number of anilines is 1. The van der Waals surface area contributed by atoms with Crippen LogP contribution in [0.3, 0.4) is 0 Å². The molecule has 0 aliphatic carbocycles. The summed E-state index contributed by atoms with van der Waals surface area (Å²) in [4.78, 5) is 23.5. The molecule has 1 aliphatic rings. The normalized spacial score (nSPS) is 15.2. The number of benzene rings is 2. The number of rotatable bonds is 4. The number of hydrogen-bond acceptors (Lipinski definition) is 4. The average molecular weight is 457 g/mol. The largest absolute Gasteiger partial charge is 0.497 e. The lowest BCUT2D eigenvalue weighted by Crippen LogP contribution is -2.43. The van der Waals surface area contributed by atoms with Crippen LogP contribution < -0.4 is 14.8 Å². The number of ether oxygens (including phenoxy) is 2. The van der Waals surface area contributed by atoms with Gasteiger partial charge in [-0.15, -0.1) is 0 Å². The number of carbonyl (C=O) groups excluding carboxylic acids is 1. The van der Waals surface area contributed by atoms with E-state index in [2.05, 4.69) is 27.4 Å². The van der Waals surface area contributed by atoms with Crippen LogP contribution in [0.15, 0.2) is 54.7 Å². The van der Waals surface area contributed by atoms with E-state index in [1.165, 1.54) is 5.56 Å². The van der Waals surface area contributed by atoms with Gasteiger partial charge in [-0.1, -0.05) is 6.07 Å². The zero-order valence-corrected chi connectivity index (χ0v) is 19.8. The maximum absolute atomic E-state index is 13.7. The number of nitrogens with one attached hydrogen (secondary N) is 2. The maximum Gasteiger partial charge on any atom is 0.322 e. The Morgan fingerprint density at radius 2 is 1.88 bits per heavy atom. The molecule has 34 heavy (non-hydrogen) atoms. The van der Waals surface area contributed by atoms with E-state index < -0.39 is 6.04 Å². The molecular weight excluding hydrogens is 428 g/mol. The first-order chi connectivity index (χ1) is 16.5. The van der Waals surface area contributed by atoms with E-state index in [1.807, 2.05) is 55.1 Å². The third-order valence-electron chi connectivity index (χ3n) is 6.36. The van der Waals surface area contributed by atoms with Crippen molar-refractivity contribution < 1.29 is 14.3 Å². The van der Waals surface area contributed by atoms with Crippen molar-refractivity contribution in [2.45, 2.75) is 26.3 Å². The molecule has 2 aromatic heterocycles. The highest BCUT2D eigenvalue weighted by Gasteiger charge is 2.36. The molecule has 4 aromatic rings. The summed E-state index contributed by atoms with van der Waals surface area (Å²) < 4.78 is 11.2. The summed E-state index contributed by atoms with van der Waals surface area (Å²) >= 11 is 0. The fourth-order valence-electron chi connectivity index (χ4n) is 4.95. The van der Waals surface area contributed by atoms with Crippen molar-refractivity contribution in [3.8, 4) is 11.5 Å². The molecule has 1 atom stereocenters. The van der Waals surface area contributed by atoms with Gasteiger partial charge in [0, 0.05) is 35.1 Å². The molecule has 3 heterocycles. The first-order valence-electron chi connectivity index (χ1n) is 11.3. The molecule has 2 amide bonds. The Morgan fingerprint density at radius 3 is 2.62 bits per heavy atom. The van der Waals surface area contributed by atoms with Gasteiger partial charge in [0.05, 0.1) is 14.2 Å². The number of pyridine rings is 1. The predicted octanol–water partition coefficient (Wildman–Crippen LogP) is 5.38. The van der Waals surface area contributed by atoms with Crippen molar-refractivity contribution in [1.29, 1.82) is 0 Å². The maximum atomic E-state index is 13.7. The van der Waals surface area contributed by atoms with Crippen LogP contribution in [-0.4, -0.2) is 41.7 Å². The molecule has 5 rings (SSSR count). The summed E-state index contributed by atoms with van der Waals surface area (Å²) in [5, 5.41) is 4.19. The topological polar surface area (TPSA) is 79.5 Å². The van der Waals surface area contributed by atoms with Crippen LogP contribution >= 0.6 is 0 Å². The molecule has 2 N–H and O–H groups in total. The minimum Gasteiger partial charge on any atom is -0.497 e. The molecule has 1 aliphatic heterocycles. The van der Waals surface area contributed by atoms with Crippen molar-refractivity contribution in [3.63, 3.8) is 0 Å². The van der Waals surface area contributed by atoms with Gasteiger partial charge in [0.2, 0.25) is 0 Å². The van der Waals surface area contributed by atoms with E-state index in [0.717, 1.165) is 45.5 Å². The van der Waals surface area contributed by atoms with Gasteiger partial charge in [-0.25, -0.2) is 9.78 Å². The number of aromatic nitrogens is 2. The summed E-state index contributed by atoms with van der Waals surface area (Å²) in [6.45, 7) is 4.60. The van der Waals surface area contributed by atoms with E-state index in [9.17, 15) is 4.79 Å². The molecule has 7 nitrogen and oxygen atoms in total. The highest BCUT2D eigenvalue weighted by molar-refractivity contribution is 5.91. The minimum atomic E-state index is -0.395. The molecule has 7 heteroatoms. The number of aromatic amines is 1. The predicted molar refractivity (Wildman–Crippen MR) is 133 cm³/mol. The second-order valence-corrected chi connectivity index (χ2v) is 8.68. The number of amides is 2. The molecular formula is C27H28N4O3. The molecule has 0 bridgehead atoms. The number of fused-ring (bicyclic) bond motifs is 3. The SMILES string of the molecule is COc1ccc(OC)c(C2c3[nH]c4ncccc4c3CCN2C(=O)Nc2cc(C)cc(C)c2)c1. The van der Waals surface area contributed by atoms with Crippen molar-refractivity contribution in [1.82, 2.24) is 14.9 Å². The van der Waals surface area contributed by atoms with Gasteiger partial charge in [0.1, 0.15) is 23.2 Å². The summed E-state index contributed by atoms with van der Waals surface area (Å²) in [5.74, 6) is 1.39. The first kappa shape index (κ1) is 21.8. The smallest absolute Gasteiger partial charge is 0.322 e. The zero-order valence-electron chi connectivity index (χ0n) is 19.8. The Labute approximate surface area is 198 Å². The standard InChI is InChI=1S/C27H28N4O3/c1-16-12-17(2)14-18(13-16)29-27(32)31-11-9-20-21-6-5-10-28-26(21)30-24(20)25(31)22-15-19(33-3)7-8-23(22)34-4/h5-8,10,12-15,25H,9,11H2,1-4H3,(H,28,30)(H,29,32). The van der Waals surface area contributed by atoms with Gasteiger partial charge in [0.15, 0.2) is 0 Å². The summed E-state index contributed by atoms with van der Waals surface area (Å²) in [6.07, 6.45) is 2.50. The van der Waals surface area contributed by atoms with Crippen LogP contribution in [0.5, 0.6) is 11.5 Å². The quantitative estimate of drug-likeness (QED) is 0.432. The Kier molecular flexibility index (Phi) is 5.61. The number of nitrogens with zero attached hydrogens (tertiary/aromatic N) is 2. The fraction of sp³-hybridized carbons (Fsp3) is 0.259. The van der Waals surface area contributed by atoms with Crippen LogP contribution in [0.1, 0.15) is 34.0 Å². The number of urea groups is 1. The van der Waals surface area contributed by atoms with E-state index >= 15 is 0 Å². The van der Waals surface area contributed by atoms with Crippen molar-refractivity contribution >= 4 is 22.8 Å². The second-order valence-electron chi connectivity index (χ2n) is 8.68. The summed E-state index contributed by atoms with van der Waals surface area (Å²) in [7, 11) is 3.27. The third-order valence-corrected chi connectivity index (χ3v) is 6.36. The Balaban J connectivity index is 1.63. The van der Waals surface area contributed by atoms with E-state index in [-0.39, 0.29) is 6.03 Å². The van der Waals surface area contributed by atoms with Crippen LogP contribution in [0, 0.1) is 13.8 Å². The van der Waals surface area contributed by atoms with Gasteiger partial charge in [-0.05, 0) is 79.4 Å². The van der Waals surface area contributed by atoms with E-state index in [4.69, 9.17) is 9.47 Å². The highest BCUT2D eigenvalue weighted by Crippen LogP contribution is 2.42. The zero-order chi connectivity index (χ0) is 23.8. The van der Waals surface area contributed by atoms with Gasteiger partial charge in [-0.3, -0.25) is 0 Å². The van der Waals surface area contributed by atoms with Gasteiger partial charge in [-0.2, -0.15) is 0 Å². The van der Waals surface area contributed by atoms with Crippen molar-refractivity contribution in [2.75, 3.05) is 26.1 Å². The van der Waals surface area contributed by atoms with Crippen LogP contribution in [0.2, 0.25) is 0 Å². The van der Waals surface area contributed by atoms with Gasteiger partial charge < -0.3 is 24.7 Å². The molecule has 2 aromatic carbocycles. The second kappa shape index (κ2) is 8.74. The lowest BCUT2D eigenvalue weighted by atomic mass is 9.92. The fourth-order valence-corrected chi connectivity index (χ4v) is 4.95. The Hall–Kier alpha value is -4.00. The molecule has 0 fully saturated rings. The van der Waals surface area contributed by atoms with Crippen LogP contribution in [0.4, 0.5) is 10.5 Å². The Bertz CT molecular complexity index is 1360. The lowest BCUT2D eigenvalue weighted by Gasteiger charge is -2.36. The molecule has 0 saturated heterocycles. The first-order valence-corrected chi connectivity index (χ1v) is 11.3. The van der Waals surface area contributed by atoms with E-state index in [0.29, 0.717) is 18.0 Å². The minimum absolute atomic E-state index is 0.169. The van der Waals surface area contributed by atoms with Crippen LogP contribution in [0.25, 0.3) is 11.0 Å². The number of H-pyrrole nitrogens is 1. The molecule has 0 saturated carbocycles. The Morgan fingerprint density at radius 1 is 1.09 bits per heavy atom. The van der Waals surface area contributed by atoms with Crippen molar-refractivity contribution in [2.24, 2.45) is 0 Å². The highest BCUT2D eigenvalue weighted by atomic mass is 16.5. The summed E-state index contributed by atoms with van der Waals surface area (Å²) in [6, 6.07) is 15.2. The average Bonchev–Trinajstić information content (AvgIpc) is 3.21. The monoisotopic (exact) mass is 456 g/mol. The molecule has 1 unspecified atom stereocenters. The summed E-state index contributed by atoms with van der Waals surface area (Å²) in [5.41, 5.74) is 6.77. The number of carbonyl (C=O) groups is 1. The molecule has 0 spiro atoms.